The van der Waals surface area contributed by atoms with Gasteiger partial charge in [-0.1, -0.05) is 18.2 Å². The fourth-order valence-electron chi connectivity index (χ4n) is 3.55. The van der Waals surface area contributed by atoms with Gasteiger partial charge >= 0.3 is 5.97 Å². The van der Waals surface area contributed by atoms with Crippen LogP contribution in [0.2, 0.25) is 0 Å². The molecule has 1 amide bonds. The van der Waals surface area contributed by atoms with Crippen LogP contribution in [0, 0.1) is 0 Å². The zero-order valence-electron chi connectivity index (χ0n) is 14.4. The molecule has 0 radical (unpaired) electrons. The Balaban J connectivity index is 1.65. The lowest BCUT2D eigenvalue weighted by Gasteiger charge is -2.29. The van der Waals surface area contributed by atoms with Crippen LogP contribution in [0.3, 0.4) is 0 Å². The summed E-state index contributed by atoms with van der Waals surface area (Å²) in [4.78, 5) is 25.5. The fourth-order valence-corrected chi connectivity index (χ4v) is 3.55. The molecule has 3 rings (SSSR count). The van der Waals surface area contributed by atoms with E-state index in [9.17, 15) is 9.59 Å². The largest absolute Gasteiger partial charge is 0.493 e. The van der Waals surface area contributed by atoms with Crippen molar-refractivity contribution in [1.82, 2.24) is 4.90 Å². The van der Waals surface area contributed by atoms with Crippen LogP contribution < -0.4 is 4.74 Å². The number of carboxylic acid groups (broad SMARTS) is 1. The van der Waals surface area contributed by atoms with Gasteiger partial charge in [0.15, 0.2) is 0 Å². The zero-order valence-corrected chi connectivity index (χ0v) is 14.4. The number of para-hydroxylation sites is 1. The Morgan fingerprint density at radius 1 is 1.20 bits per heavy atom. The van der Waals surface area contributed by atoms with E-state index < -0.39 is 5.97 Å². The minimum absolute atomic E-state index is 0.00143. The van der Waals surface area contributed by atoms with Crippen molar-refractivity contribution in [1.29, 1.82) is 0 Å². The van der Waals surface area contributed by atoms with Crippen molar-refractivity contribution in [2.24, 2.45) is 0 Å². The number of amides is 1. The van der Waals surface area contributed by atoms with Crippen LogP contribution in [0.1, 0.15) is 43.6 Å². The Bertz CT molecular complexity index is 612. The van der Waals surface area contributed by atoms with Gasteiger partial charge in [-0.2, -0.15) is 0 Å². The summed E-state index contributed by atoms with van der Waals surface area (Å²) in [7, 11) is 0. The van der Waals surface area contributed by atoms with Crippen molar-refractivity contribution in [3.05, 3.63) is 29.8 Å². The molecule has 1 saturated heterocycles. The molecule has 1 aromatic carbocycles. The molecule has 0 saturated carbocycles. The number of hydrogen-bond acceptors (Lipinski definition) is 4. The maximum atomic E-state index is 12.9. The van der Waals surface area contributed by atoms with Crippen LogP contribution in [0.4, 0.5) is 0 Å². The minimum atomic E-state index is -0.887. The van der Waals surface area contributed by atoms with E-state index in [2.05, 4.69) is 0 Å². The maximum absolute atomic E-state index is 12.9. The van der Waals surface area contributed by atoms with Crippen LogP contribution in [0.15, 0.2) is 24.3 Å². The molecule has 6 nitrogen and oxygen atoms in total. The van der Waals surface area contributed by atoms with E-state index in [4.69, 9.17) is 14.6 Å². The second-order valence-corrected chi connectivity index (χ2v) is 6.69. The van der Waals surface area contributed by atoms with Gasteiger partial charge in [-0.15, -0.1) is 0 Å². The number of carboxylic acids is 1. The summed E-state index contributed by atoms with van der Waals surface area (Å²) in [5.41, 5.74) is 1.07. The minimum Gasteiger partial charge on any atom is -0.493 e. The molecule has 1 aromatic rings. The van der Waals surface area contributed by atoms with Gasteiger partial charge < -0.3 is 19.5 Å². The van der Waals surface area contributed by atoms with Crippen molar-refractivity contribution in [2.45, 2.75) is 44.1 Å². The van der Waals surface area contributed by atoms with E-state index in [1.54, 1.807) is 4.90 Å². The van der Waals surface area contributed by atoms with Crippen LogP contribution in [0.25, 0.3) is 0 Å². The molecule has 0 unspecified atom stereocenters. The van der Waals surface area contributed by atoms with Crippen molar-refractivity contribution in [3.63, 3.8) is 0 Å². The summed E-state index contributed by atoms with van der Waals surface area (Å²) in [6.07, 6.45) is 3.10. The number of aliphatic carboxylic acids is 1. The second-order valence-electron chi connectivity index (χ2n) is 6.69. The van der Waals surface area contributed by atoms with Gasteiger partial charge in [0.25, 0.3) is 0 Å². The van der Waals surface area contributed by atoms with Gasteiger partial charge in [-0.05, 0) is 36.8 Å². The first kappa shape index (κ1) is 17.7. The summed E-state index contributed by atoms with van der Waals surface area (Å²) < 4.78 is 11.3. The summed E-state index contributed by atoms with van der Waals surface area (Å²) in [5, 5.41) is 8.97. The standard InChI is InChI=1S/C19H25NO5/c21-18(12-14-8-11-25-17-6-2-1-5-16(14)17)20(9-7-19(22)23)13-15-4-3-10-24-15/h1-2,5-6,14-15H,3-4,7-13H2,(H,22,23)/t14-,15-/m0/s1. The summed E-state index contributed by atoms with van der Waals surface area (Å²) >= 11 is 0. The van der Waals surface area contributed by atoms with Crippen LogP contribution in [0.5, 0.6) is 5.75 Å². The predicted molar refractivity (Wildman–Crippen MR) is 91.7 cm³/mol. The van der Waals surface area contributed by atoms with E-state index in [0.29, 0.717) is 19.6 Å². The second kappa shape index (κ2) is 8.34. The monoisotopic (exact) mass is 347 g/mol. The van der Waals surface area contributed by atoms with Gasteiger partial charge in [-0.25, -0.2) is 0 Å². The van der Waals surface area contributed by atoms with Crippen molar-refractivity contribution in [3.8, 4) is 5.75 Å². The summed E-state index contributed by atoms with van der Waals surface area (Å²) in [6.45, 7) is 2.05. The number of ether oxygens (including phenoxy) is 2. The number of fused-ring (bicyclic) bond motifs is 1. The average Bonchev–Trinajstić information content (AvgIpc) is 3.12. The normalized spacial score (nSPS) is 22.1. The van der Waals surface area contributed by atoms with Crippen LogP contribution >= 0.6 is 0 Å². The lowest BCUT2D eigenvalue weighted by molar-refractivity contribution is -0.139. The molecule has 0 spiro atoms. The highest BCUT2D eigenvalue weighted by Gasteiger charge is 2.28. The van der Waals surface area contributed by atoms with Gasteiger partial charge in [0.05, 0.1) is 19.1 Å². The third-order valence-electron chi connectivity index (χ3n) is 4.90. The molecule has 2 atom stereocenters. The van der Waals surface area contributed by atoms with E-state index in [-0.39, 0.29) is 30.9 Å². The quantitative estimate of drug-likeness (QED) is 0.820. The predicted octanol–water partition coefficient (Wildman–Crippen LogP) is 2.43. The lowest BCUT2D eigenvalue weighted by atomic mass is 9.90. The Morgan fingerprint density at radius 2 is 2.04 bits per heavy atom. The number of carbonyl (C=O) groups is 2. The highest BCUT2D eigenvalue weighted by atomic mass is 16.5. The number of carbonyl (C=O) groups excluding carboxylic acids is 1. The highest BCUT2D eigenvalue weighted by molar-refractivity contribution is 5.78. The van der Waals surface area contributed by atoms with Crippen LogP contribution in [-0.4, -0.2) is 54.3 Å². The highest BCUT2D eigenvalue weighted by Crippen LogP contribution is 2.35. The molecule has 2 aliphatic rings. The van der Waals surface area contributed by atoms with Gasteiger partial charge in [0.1, 0.15) is 5.75 Å². The van der Waals surface area contributed by atoms with E-state index in [1.165, 1.54) is 0 Å². The zero-order chi connectivity index (χ0) is 17.6. The molecule has 0 bridgehead atoms. The Labute approximate surface area is 147 Å². The fraction of sp³-hybridized carbons (Fsp3) is 0.579. The molecular weight excluding hydrogens is 322 g/mol. The molecule has 0 aromatic heterocycles. The van der Waals surface area contributed by atoms with E-state index in [1.807, 2.05) is 24.3 Å². The summed E-state index contributed by atoms with van der Waals surface area (Å²) in [5.74, 6) is 0.0806. The molecule has 2 aliphatic heterocycles. The van der Waals surface area contributed by atoms with Crippen molar-refractivity contribution in [2.75, 3.05) is 26.3 Å². The first-order valence-electron chi connectivity index (χ1n) is 8.96. The van der Waals surface area contributed by atoms with Gasteiger partial charge in [0, 0.05) is 26.1 Å². The Kier molecular flexibility index (Phi) is 5.91. The smallest absolute Gasteiger partial charge is 0.305 e. The lowest BCUT2D eigenvalue weighted by Crippen LogP contribution is -2.39. The molecule has 25 heavy (non-hydrogen) atoms. The molecule has 2 heterocycles. The van der Waals surface area contributed by atoms with Gasteiger partial charge in [0.2, 0.25) is 5.91 Å². The first-order valence-corrected chi connectivity index (χ1v) is 8.96. The number of hydrogen-bond donors (Lipinski definition) is 1. The summed E-state index contributed by atoms with van der Waals surface area (Å²) in [6, 6.07) is 7.83. The average molecular weight is 347 g/mol. The van der Waals surface area contributed by atoms with Crippen molar-refractivity contribution >= 4 is 11.9 Å². The molecule has 1 fully saturated rings. The van der Waals surface area contributed by atoms with Crippen LogP contribution in [-0.2, 0) is 14.3 Å². The Morgan fingerprint density at radius 3 is 2.80 bits per heavy atom. The molecule has 6 heteroatoms. The van der Waals surface area contributed by atoms with Gasteiger partial charge in [-0.3, -0.25) is 9.59 Å². The SMILES string of the molecule is O=C(O)CCN(C[C@@H]1CCCO1)C(=O)C[C@@H]1CCOc2ccccc21. The molecule has 1 N–H and O–H groups in total. The van der Waals surface area contributed by atoms with E-state index >= 15 is 0 Å². The molecule has 136 valence electrons. The number of benzene rings is 1. The molecule has 0 aliphatic carbocycles. The maximum Gasteiger partial charge on any atom is 0.305 e. The first-order chi connectivity index (χ1) is 12.1. The number of rotatable bonds is 7. The Hall–Kier alpha value is -2.08. The van der Waals surface area contributed by atoms with E-state index in [0.717, 1.165) is 37.2 Å². The third kappa shape index (κ3) is 4.72. The number of nitrogens with zero attached hydrogens (tertiary/aromatic N) is 1. The molecular formula is C19H25NO5. The third-order valence-corrected chi connectivity index (χ3v) is 4.90. The van der Waals surface area contributed by atoms with Crippen molar-refractivity contribution < 1.29 is 24.2 Å². The topological polar surface area (TPSA) is 76.1 Å².